The Hall–Kier alpha value is -1.46. The van der Waals surface area contributed by atoms with E-state index >= 15 is 0 Å². The molecule has 0 aliphatic heterocycles. The normalized spacial score (nSPS) is 19.1. The second-order valence-electron chi connectivity index (χ2n) is 7.95. The molecule has 0 bridgehead atoms. The Kier molecular flexibility index (Phi) is 8.49. The molecule has 0 radical (unpaired) electrons. The van der Waals surface area contributed by atoms with Gasteiger partial charge in [-0.25, -0.2) is 0 Å². The van der Waals surface area contributed by atoms with Crippen LogP contribution in [0.4, 0.5) is 0 Å². The van der Waals surface area contributed by atoms with Gasteiger partial charge >= 0.3 is 0 Å². The number of hydrogen-bond acceptors (Lipinski definition) is 4. The molecule has 1 aromatic carbocycles. The molecular formula is C24H32N2OS2. The van der Waals surface area contributed by atoms with Crippen LogP contribution in [0.1, 0.15) is 42.5 Å². The lowest BCUT2D eigenvalue weighted by molar-refractivity contribution is -0.127. The van der Waals surface area contributed by atoms with Gasteiger partial charge < -0.3 is 4.90 Å². The third-order valence-electron chi connectivity index (χ3n) is 5.53. The standard InChI is InChI=1S/C24H32N2OS2/c1-18-11-12-21(19(2)16-18)29-23-10-5-4-9-22(23)28-17-24(27)26(3)15-13-20-8-6-7-14-25-20/h6-8,11-12,14,16,22-23H,4-5,9-10,13,15,17H2,1-3H3/t22-,23-/m1/s1. The quantitative estimate of drug-likeness (QED) is 0.553. The van der Waals surface area contributed by atoms with Crippen LogP contribution < -0.4 is 0 Å². The lowest BCUT2D eigenvalue weighted by atomic mass is 10.00. The van der Waals surface area contributed by atoms with E-state index in [1.165, 1.54) is 41.7 Å². The molecule has 0 N–H and O–H groups in total. The van der Waals surface area contributed by atoms with Crippen LogP contribution in [0.15, 0.2) is 47.5 Å². The number of thioether (sulfide) groups is 2. The number of pyridine rings is 1. The molecule has 2 atom stereocenters. The number of aromatic nitrogens is 1. The number of amides is 1. The first-order valence-electron chi connectivity index (χ1n) is 10.5. The molecule has 1 aliphatic carbocycles. The van der Waals surface area contributed by atoms with Crippen molar-refractivity contribution in [3.8, 4) is 0 Å². The van der Waals surface area contributed by atoms with E-state index in [2.05, 4.69) is 37.0 Å². The van der Waals surface area contributed by atoms with Crippen LogP contribution in [-0.4, -0.2) is 45.6 Å². The smallest absolute Gasteiger partial charge is 0.232 e. The van der Waals surface area contributed by atoms with Crippen molar-refractivity contribution in [2.24, 2.45) is 0 Å². The molecule has 0 unspecified atom stereocenters. The monoisotopic (exact) mass is 428 g/mol. The van der Waals surface area contributed by atoms with Crippen LogP contribution in [0.5, 0.6) is 0 Å². The van der Waals surface area contributed by atoms with E-state index in [9.17, 15) is 4.79 Å². The lowest BCUT2D eigenvalue weighted by Crippen LogP contribution is -2.32. The Balaban J connectivity index is 1.50. The number of carbonyl (C=O) groups excluding carboxylic acids is 1. The first kappa shape index (κ1) is 22.2. The molecule has 1 fully saturated rings. The maximum Gasteiger partial charge on any atom is 0.232 e. The van der Waals surface area contributed by atoms with Crippen molar-refractivity contribution in [3.63, 3.8) is 0 Å². The average Bonchev–Trinajstić information content (AvgIpc) is 2.73. The van der Waals surface area contributed by atoms with Gasteiger partial charge in [-0.2, -0.15) is 0 Å². The Morgan fingerprint density at radius 3 is 2.66 bits per heavy atom. The molecule has 0 spiro atoms. The van der Waals surface area contributed by atoms with Gasteiger partial charge in [-0.3, -0.25) is 9.78 Å². The fourth-order valence-electron chi connectivity index (χ4n) is 3.72. The number of likely N-dealkylation sites (N-methyl/N-ethyl adjacent to an activating group) is 1. The van der Waals surface area contributed by atoms with Gasteiger partial charge in [0.25, 0.3) is 0 Å². The highest BCUT2D eigenvalue weighted by molar-refractivity contribution is 8.04. The van der Waals surface area contributed by atoms with Crippen molar-refractivity contribution < 1.29 is 4.79 Å². The van der Waals surface area contributed by atoms with Crippen molar-refractivity contribution in [3.05, 3.63) is 59.4 Å². The maximum atomic E-state index is 12.6. The fraction of sp³-hybridized carbons (Fsp3) is 0.500. The molecule has 1 heterocycles. The molecule has 3 nitrogen and oxygen atoms in total. The SMILES string of the molecule is Cc1ccc(S[C@@H]2CCCC[C@H]2SCC(=O)N(C)CCc2ccccn2)c(C)c1. The molecule has 1 aliphatic rings. The summed E-state index contributed by atoms with van der Waals surface area (Å²) in [6, 6.07) is 12.7. The summed E-state index contributed by atoms with van der Waals surface area (Å²) < 4.78 is 0. The minimum Gasteiger partial charge on any atom is -0.345 e. The minimum absolute atomic E-state index is 0.228. The summed E-state index contributed by atoms with van der Waals surface area (Å²) in [5, 5.41) is 1.16. The van der Waals surface area contributed by atoms with E-state index in [0.717, 1.165) is 18.7 Å². The van der Waals surface area contributed by atoms with Gasteiger partial charge in [0.15, 0.2) is 0 Å². The van der Waals surface area contributed by atoms with Crippen LogP contribution in [0.25, 0.3) is 0 Å². The van der Waals surface area contributed by atoms with E-state index < -0.39 is 0 Å². The summed E-state index contributed by atoms with van der Waals surface area (Å²) in [7, 11) is 1.91. The summed E-state index contributed by atoms with van der Waals surface area (Å²) in [5.41, 5.74) is 3.73. The van der Waals surface area contributed by atoms with Crippen molar-refractivity contribution >= 4 is 29.4 Å². The van der Waals surface area contributed by atoms with Gasteiger partial charge in [-0.1, -0.05) is 36.6 Å². The number of aryl methyl sites for hydroxylation is 2. The van der Waals surface area contributed by atoms with Gasteiger partial charge in [0.05, 0.1) is 5.75 Å². The van der Waals surface area contributed by atoms with Gasteiger partial charge in [-0.15, -0.1) is 23.5 Å². The van der Waals surface area contributed by atoms with E-state index in [4.69, 9.17) is 0 Å². The van der Waals surface area contributed by atoms with Crippen molar-refractivity contribution in [1.82, 2.24) is 9.88 Å². The Bertz CT molecular complexity index is 797. The highest BCUT2D eigenvalue weighted by Gasteiger charge is 2.27. The van der Waals surface area contributed by atoms with E-state index in [1.54, 1.807) is 0 Å². The van der Waals surface area contributed by atoms with Crippen LogP contribution >= 0.6 is 23.5 Å². The van der Waals surface area contributed by atoms with Gasteiger partial charge in [0, 0.05) is 47.3 Å². The third kappa shape index (κ3) is 6.78. The number of carbonyl (C=O) groups is 1. The molecule has 2 aromatic rings. The Labute approximate surface area is 184 Å². The predicted molar refractivity (Wildman–Crippen MR) is 126 cm³/mol. The molecule has 3 rings (SSSR count). The number of hydrogen-bond donors (Lipinski definition) is 0. The summed E-state index contributed by atoms with van der Waals surface area (Å²) in [6.07, 6.45) is 7.67. The van der Waals surface area contributed by atoms with Crippen LogP contribution in [0.3, 0.4) is 0 Å². The molecular weight excluding hydrogens is 396 g/mol. The highest BCUT2D eigenvalue weighted by atomic mass is 32.2. The van der Waals surface area contributed by atoms with Crippen LogP contribution in [0.2, 0.25) is 0 Å². The number of benzene rings is 1. The van der Waals surface area contributed by atoms with E-state index in [-0.39, 0.29) is 5.91 Å². The zero-order chi connectivity index (χ0) is 20.6. The van der Waals surface area contributed by atoms with Crippen LogP contribution in [-0.2, 0) is 11.2 Å². The zero-order valence-electron chi connectivity index (χ0n) is 17.8. The summed E-state index contributed by atoms with van der Waals surface area (Å²) >= 11 is 3.89. The largest absolute Gasteiger partial charge is 0.345 e. The highest BCUT2D eigenvalue weighted by Crippen LogP contribution is 2.40. The summed E-state index contributed by atoms with van der Waals surface area (Å²) in [6.45, 7) is 5.08. The van der Waals surface area contributed by atoms with Gasteiger partial charge in [0.2, 0.25) is 5.91 Å². The molecule has 29 heavy (non-hydrogen) atoms. The first-order valence-corrected chi connectivity index (χ1v) is 12.4. The van der Waals surface area contributed by atoms with Crippen molar-refractivity contribution in [2.45, 2.75) is 61.3 Å². The number of rotatable bonds is 8. The molecule has 1 saturated carbocycles. The first-order chi connectivity index (χ1) is 14.0. The van der Waals surface area contributed by atoms with E-state index in [1.807, 2.05) is 59.9 Å². The second kappa shape index (κ2) is 11.1. The Morgan fingerprint density at radius 1 is 1.14 bits per heavy atom. The number of nitrogens with zero attached hydrogens (tertiary/aromatic N) is 2. The Morgan fingerprint density at radius 2 is 1.93 bits per heavy atom. The molecule has 0 saturated heterocycles. The predicted octanol–water partition coefficient (Wildman–Crippen LogP) is 5.54. The fourth-order valence-corrected chi connectivity index (χ4v) is 6.68. The zero-order valence-corrected chi connectivity index (χ0v) is 19.4. The van der Waals surface area contributed by atoms with Gasteiger partial charge in [-0.05, 0) is 50.5 Å². The second-order valence-corrected chi connectivity index (χ2v) is 10.5. The van der Waals surface area contributed by atoms with Crippen LogP contribution in [0, 0.1) is 13.8 Å². The summed E-state index contributed by atoms with van der Waals surface area (Å²) in [4.78, 5) is 20.2. The molecule has 156 valence electrons. The minimum atomic E-state index is 0.228. The average molecular weight is 429 g/mol. The van der Waals surface area contributed by atoms with Gasteiger partial charge in [0.1, 0.15) is 0 Å². The molecule has 5 heteroatoms. The summed E-state index contributed by atoms with van der Waals surface area (Å²) in [5.74, 6) is 0.805. The molecule has 1 aromatic heterocycles. The maximum absolute atomic E-state index is 12.6. The van der Waals surface area contributed by atoms with Crippen molar-refractivity contribution in [2.75, 3.05) is 19.3 Å². The third-order valence-corrected chi connectivity index (χ3v) is 8.68. The molecule has 1 amide bonds. The van der Waals surface area contributed by atoms with E-state index in [0.29, 0.717) is 16.3 Å². The van der Waals surface area contributed by atoms with Crippen molar-refractivity contribution in [1.29, 1.82) is 0 Å². The lowest BCUT2D eigenvalue weighted by Gasteiger charge is -2.31. The topological polar surface area (TPSA) is 33.2 Å².